The zero-order chi connectivity index (χ0) is 14.9. The average molecular weight is 432 g/mol. The first-order valence-corrected chi connectivity index (χ1v) is 6.70. The molecule has 0 N–H and O–H groups in total. The van der Waals surface area contributed by atoms with Gasteiger partial charge in [0.1, 0.15) is 0 Å². The molecule has 0 aliphatic carbocycles. The van der Waals surface area contributed by atoms with Crippen LogP contribution in [0.3, 0.4) is 0 Å². The zero-order valence-electron chi connectivity index (χ0n) is 11.3. The summed E-state index contributed by atoms with van der Waals surface area (Å²) in [6, 6.07) is 4.47. The first-order valence-electron chi connectivity index (χ1n) is 5.91. The molecular formula is C15H12BrF3NY-. The Morgan fingerprint density at radius 3 is 2.62 bits per heavy atom. The van der Waals surface area contributed by atoms with Gasteiger partial charge in [0.2, 0.25) is 0 Å². The molecule has 0 saturated carbocycles. The Balaban J connectivity index is 0.00000220. The minimum Gasteiger partial charge on any atom is -0.370 e. The summed E-state index contributed by atoms with van der Waals surface area (Å²) in [6.07, 6.45) is 1.94. The smallest absolute Gasteiger partial charge is 0.256 e. The van der Waals surface area contributed by atoms with Gasteiger partial charge in [-0.25, -0.2) is 13.2 Å². The Hall–Kier alpha value is -0.386. The van der Waals surface area contributed by atoms with Gasteiger partial charge in [-0.3, -0.25) is 0 Å². The van der Waals surface area contributed by atoms with Crippen LogP contribution in [0.15, 0.2) is 46.6 Å². The van der Waals surface area contributed by atoms with Gasteiger partial charge >= 0.3 is 0 Å². The fourth-order valence-electron chi connectivity index (χ4n) is 1.93. The topological polar surface area (TPSA) is 3.24 Å². The van der Waals surface area contributed by atoms with Crippen molar-refractivity contribution >= 4 is 21.6 Å². The number of hydrogen-bond acceptors (Lipinski definition) is 1. The van der Waals surface area contributed by atoms with E-state index < -0.39 is 18.8 Å². The molecule has 0 amide bonds. The van der Waals surface area contributed by atoms with Gasteiger partial charge in [-0.05, 0) is 11.8 Å². The maximum Gasteiger partial charge on any atom is 0.256 e. The SMILES string of the molecule is C=C1C(C)=C[C-]=C(c2ccc(Br)cc2F)N1CC(F)F.[Y]. The van der Waals surface area contributed by atoms with Crippen LogP contribution in [-0.4, -0.2) is 17.9 Å². The largest absolute Gasteiger partial charge is 0.370 e. The molecular weight excluding hydrogens is 420 g/mol. The van der Waals surface area contributed by atoms with Gasteiger partial charge in [0.05, 0.1) is 12.4 Å². The van der Waals surface area contributed by atoms with Crippen molar-refractivity contribution in [1.82, 2.24) is 4.90 Å². The van der Waals surface area contributed by atoms with Crippen LogP contribution in [0.4, 0.5) is 13.2 Å². The molecule has 0 atom stereocenters. The van der Waals surface area contributed by atoms with Crippen LogP contribution >= 0.6 is 15.9 Å². The molecule has 0 saturated heterocycles. The molecule has 1 aromatic carbocycles. The summed E-state index contributed by atoms with van der Waals surface area (Å²) in [7, 11) is 0. The second-order valence-electron chi connectivity index (χ2n) is 4.39. The van der Waals surface area contributed by atoms with Gasteiger partial charge in [-0.15, -0.1) is 11.6 Å². The van der Waals surface area contributed by atoms with Gasteiger partial charge in [0.15, 0.2) is 0 Å². The molecule has 1 aliphatic rings. The molecule has 0 fully saturated rings. The molecule has 1 aromatic rings. The van der Waals surface area contributed by atoms with Crippen molar-refractivity contribution in [3.05, 3.63) is 64.1 Å². The maximum atomic E-state index is 14.0. The molecule has 1 heterocycles. The van der Waals surface area contributed by atoms with Gasteiger partial charge in [-0.2, -0.15) is 12.2 Å². The Kier molecular flexibility index (Phi) is 6.89. The van der Waals surface area contributed by atoms with Crippen LogP contribution in [0.2, 0.25) is 0 Å². The van der Waals surface area contributed by atoms with E-state index in [1.54, 1.807) is 19.1 Å². The summed E-state index contributed by atoms with van der Waals surface area (Å²) < 4.78 is 40.1. The van der Waals surface area contributed by atoms with E-state index in [1.165, 1.54) is 17.0 Å². The van der Waals surface area contributed by atoms with Gasteiger partial charge in [-0.1, -0.05) is 46.8 Å². The Bertz CT molecular complexity index is 611. The molecule has 109 valence electrons. The number of rotatable bonds is 3. The van der Waals surface area contributed by atoms with Crippen molar-refractivity contribution in [2.45, 2.75) is 13.3 Å². The van der Waals surface area contributed by atoms with Gasteiger partial charge in [0.25, 0.3) is 6.43 Å². The van der Waals surface area contributed by atoms with Crippen LogP contribution in [0, 0.1) is 11.9 Å². The third-order valence-electron chi connectivity index (χ3n) is 2.98. The first kappa shape index (κ1) is 18.7. The van der Waals surface area contributed by atoms with Gasteiger partial charge < -0.3 is 4.90 Å². The van der Waals surface area contributed by atoms with Crippen molar-refractivity contribution in [3.8, 4) is 0 Å². The number of alkyl halides is 2. The molecule has 6 heteroatoms. The third-order valence-corrected chi connectivity index (χ3v) is 3.48. The Labute approximate surface area is 155 Å². The van der Waals surface area contributed by atoms with E-state index in [1.807, 2.05) is 0 Å². The van der Waals surface area contributed by atoms with Crippen molar-refractivity contribution in [2.75, 3.05) is 6.54 Å². The minimum absolute atomic E-state index is 0. The van der Waals surface area contributed by atoms with E-state index in [-0.39, 0.29) is 44.0 Å². The van der Waals surface area contributed by atoms with E-state index in [0.717, 1.165) is 5.57 Å². The Morgan fingerprint density at radius 1 is 1.38 bits per heavy atom. The van der Waals surface area contributed by atoms with Gasteiger partial charge in [0, 0.05) is 37.2 Å². The van der Waals surface area contributed by atoms with Crippen molar-refractivity contribution < 1.29 is 45.9 Å². The van der Waals surface area contributed by atoms with E-state index in [2.05, 4.69) is 28.6 Å². The van der Waals surface area contributed by atoms with E-state index in [9.17, 15) is 13.2 Å². The summed E-state index contributed by atoms with van der Waals surface area (Å²) in [4.78, 5) is 1.30. The van der Waals surface area contributed by atoms with Crippen LogP contribution < -0.4 is 0 Å². The van der Waals surface area contributed by atoms with Crippen molar-refractivity contribution in [3.63, 3.8) is 0 Å². The molecule has 0 aromatic heterocycles. The van der Waals surface area contributed by atoms with Crippen LogP contribution in [-0.2, 0) is 32.7 Å². The fourth-order valence-corrected chi connectivity index (χ4v) is 2.26. The summed E-state index contributed by atoms with van der Waals surface area (Å²) in [5.74, 6) is -0.498. The van der Waals surface area contributed by atoms with Crippen LogP contribution in [0.1, 0.15) is 12.5 Å². The van der Waals surface area contributed by atoms with Crippen LogP contribution in [0.25, 0.3) is 5.70 Å². The quantitative estimate of drug-likeness (QED) is 0.623. The summed E-state index contributed by atoms with van der Waals surface area (Å²) in [5.41, 5.74) is 1.65. The average Bonchev–Trinajstić information content (AvgIpc) is 2.36. The molecule has 0 unspecified atom stereocenters. The molecule has 1 nitrogen and oxygen atoms in total. The molecule has 0 bridgehead atoms. The second kappa shape index (κ2) is 7.75. The number of allylic oxidation sites excluding steroid dienone is 3. The van der Waals surface area contributed by atoms with E-state index in [0.29, 0.717) is 10.2 Å². The molecule has 2 rings (SSSR count). The Morgan fingerprint density at radius 2 is 2.05 bits per heavy atom. The standard InChI is InChI=1S/C15H12BrF3N.Y/c1-9-3-6-14(20(10(9)2)8-15(18)19)12-5-4-11(16)7-13(12)17;/h3-5,7,15H,2,8H2,1H3;/q-1;. The number of nitrogens with zero attached hydrogens (tertiary/aromatic N) is 1. The molecule has 21 heavy (non-hydrogen) atoms. The maximum absolute atomic E-state index is 14.0. The van der Waals surface area contributed by atoms with Crippen molar-refractivity contribution in [2.24, 2.45) is 0 Å². The molecule has 0 spiro atoms. The number of benzene rings is 1. The predicted molar refractivity (Wildman–Crippen MR) is 76.4 cm³/mol. The normalized spacial score (nSPS) is 14.8. The monoisotopic (exact) mass is 431 g/mol. The summed E-state index contributed by atoms with van der Waals surface area (Å²) in [5, 5.41) is 0. The van der Waals surface area contributed by atoms with Crippen LogP contribution in [0.5, 0.6) is 0 Å². The first-order chi connectivity index (χ1) is 9.40. The van der Waals surface area contributed by atoms with E-state index in [4.69, 9.17) is 0 Å². The summed E-state index contributed by atoms with van der Waals surface area (Å²) in [6.45, 7) is 5.00. The minimum atomic E-state index is -2.55. The molecule has 1 radical (unpaired) electrons. The third kappa shape index (κ3) is 4.30. The zero-order valence-corrected chi connectivity index (χ0v) is 15.8. The fraction of sp³-hybridized carbons (Fsp3) is 0.200. The summed E-state index contributed by atoms with van der Waals surface area (Å²) >= 11 is 3.16. The molecule has 1 aliphatic heterocycles. The number of halogens is 4. The van der Waals surface area contributed by atoms with E-state index >= 15 is 0 Å². The van der Waals surface area contributed by atoms with Crippen molar-refractivity contribution in [1.29, 1.82) is 0 Å². The number of hydrogen-bond donors (Lipinski definition) is 0. The second-order valence-corrected chi connectivity index (χ2v) is 5.31. The predicted octanol–water partition coefficient (Wildman–Crippen LogP) is 4.77.